The van der Waals surface area contributed by atoms with Crippen LogP contribution in [0.1, 0.15) is 0 Å². The van der Waals surface area contributed by atoms with E-state index in [1.165, 1.54) is 128 Å². The molecule has 0 aliphatic carbocycles. The van der Waals surface area contributed by atoms with Gasteiger partial charge < -0.3 is 15.0 Å². The van der Waals surface area contributed by atoms with Gasteiger partial charge in [-0.15, -0.1) is 34.0 Å². The first-order chi connectivity index (χ1) is 32.7. The van der Waals surface area contributed by atoms with Crippen molar-refractivity contribution in [2.75, 3.05) is 0 Å². The highest BCUT2D eigenvalue weighted by atomic mass is 32.1. The summed E-state index contributed by atoms with van der Waals surface area (Å²) in [6.07, 6.45) is 0. The van der Waals surface area contributed by atoms with Gasteiger partial charge in [0.25, 0.3) is 0 Å². The number of hydrogen-bond donors (Lipinski definition) is 3. The number of benzene rings is 8. The lowest BCUT2D eigenvalue weighted by Gasteiger charge is -2.08. The number of aromatic amines is 3. The number of aromatic nitrogens is 3. The second kappa shape index (κ2) is 13.9. The molecule has 0 unspecified atom stereocenters. The van der Waals surface area contributed by atoms with Crippen molar-refractivity contribution in [2.24, 2.45) is 0 Å². The van der Waals surface area contributed by atoms with Crippen LogP contribution in [0.3, 0.4) is 0 Å². The minimum absolute atomic E-state index is 1.10. The summed E-state index contributed by atoms with van der Waals surface area (Å²) in [6.45, 7) is 0. The zero-order valence-electron chi connectivity index (χ0n) is 35.2. The van der Waals surface area contributed by atoms with Gasteiger partial charge in [-0.1, -0.05) is 146 Å². The minimum atomic E-state index is 1.10. The quantitative estimate of drug-likeness (QED) is 0.136. The Morgan fingerprint density at radius 3 is 1.00 bits per heavy atom. The van der Waals surface area contributed by atoms with Crippen LogP contribution in [0.4, 0.5) is 0 Å². The van der Waals surface area contributed by atoms with Gasteiger partial charge in [0.1, 0.15) is 0 Å². The Morgan fingerprint density at radius 2 is 0.576 bits per heavy atom. The molecule has 3 nitrogen and oxygen atoms in total. The molecule has 3 N–H and O–H groups in total. The van der Waals surface area contributed by atoms with E-state index in [1.54, 1.807) is 0 Å². The van der Waals surface area contributed by atoms with Crippen LogP contribution in [0, 0.1) is 0 Å². The average molecular weight is 894 g/mol. The van der Waals surface area contributed by atoms with Gasteiger partial charge in [-0.25, -0.2) is 0 Å². The second-order valence-corrected chi connectivity index (χ2v) is 20.6. The van der Waals surface area contributed by atoms with Gasteiger partial charge in [0, 0.05) is 139 Å². The van der Waals surface area contributed by atoms with Crippen LogP contribution in [0.5, 0.6) is 0 Å². The van der Waals surface area contributed by atoms with E-state index in [0.29, 0.717) is 0 Å². The van der Waals surface area contributed by atoms with Gasteiger partial charge in [0.15, 0.2) is 0 Å². The van der Waals surface area contributed by atoms with Crippen LogP contribution in [0.25, 0.3) is 150 Å². The minimum Gasteiger partial charge on any atom is -0.355 e. The van der Waals surface area contributed by atoms with Gasteiger partial charge in [0.05, 0.1) is 11.0 Å². The normalized spacial score (nSPS) is 12.2. The van der Waals surface area contributed by atoms with E-state index < -0.39 is 0 Å². The average Bonchev–Trinajstić information content (AvgIpc) is 4.24. The molecule has 0 saturated carbocycles. The lowest BCUT2D eigenvalue weighted by molar-refractivity contribution is 1.39. The SMILES string of the molecule is c1ccc2c(c1)-c1cc3c4cc(sc4c4ccccc4c3[nH]1)-c1ccccc1-c1ccc([nH]1)-c1ccccc1-c1cc3c4cc([nH]c4c4ccccc4c3s1)-c1ccccc1-c1ccc-2s1. The molecule has 1 aliphatic rings. The predicted molar refractivity (Wildman–Crippen MR) is 285 cm³/mol. The number of nitrogens with one attached hydrogen (secondary N) is 3. The molecule has 12 bridgehead atoms. The van der Waals surface area contributed by atoms with Crippen LogP contribution in [-0.4, -0.2) is 15.0 Å². The van der Waals surface area contributed by atoms with Crippen LogP contribution in [-0.2, 0) is 0 Å². The largest absolute Gasteiger partial charge is 0.355 e. The predicted octanol–water partition coefficient (Wildman–Crippen LogP) is 18.4. The fourth-order valence-electron chi connectivity index (χ4n) is 10.8. The van der Waals surface area contributed by atoms with Gasteiger partial charge in [-0.05, 0) is 48.5 Å². The molecule has 14 aromatic rings. The van der Waals surface area contributed by atoms with Crippen molar-refractivity contribution in [1.82, 2.24) is 15.0 Å². The molecule has 0 saturated heterocycles. The Labute approximate surface area is 390 Å². The van der Waals surface area contributed by atoms with Crippen molar-refractivity contribution in [3.63, 3.8) is 0 Å². The molecular formula is C60H35N3S3. The molecule has 8 aromatic carbocycles. The van der Waals surface area contributed by atoms with E-state index in [9.17, 15) is 0 Å². The van der Waals surface area contributed by atoms with E-state index in [0.717, 1.165) is 22.8 Å². The summed E-state index contributed by atoms with van der Waals surface area (Å²) < 4.78 is 2.62. The number of hydrogen-bond acceptors (Lipinski definition) is 3. The molecule has 6 heteroatoms. The third kappa shape index (κ3) is 5.29. The molecule has 7 heterocycles. The van der Waals surface area contributed by atoms with Crippen molar-refractivity contribution in [3.05, 3.63) is 194 Å². The monoisotopic (exact) mass is 893 g/mol. The third-order valence-corrected chi connectivity index (χ3v) is 17.3. The lowest BCUT2D eigenvalue weighted by Crippen LogP contribution is -1.85. The van der Waals surface area contributed by atoms with E-state index in [-0.39, 0.29) is 0 Å². The van der Waals surface area contributed by atoms with Gasteiger partial charge >= 0.3 is 0 Å². The topological polar surface area (TPSA) is 47.4 Å². The van der Waals surface area contributed by atoms with Crippen molar-refractivity contribution in [1.29, 1.82) is 0 Å². The molecule has 0 amide bonds. The molecule has 6 aromatic heterocycles. The van der Waals surface area contributed by atoms with E-state index in [4.69, 9.17) is 0 Å². The summed E-state index contributed by atoms with van der Waals surface area (Å²) in [6, 6.07) is 72.0. The first kappa shape index (κ1) is 36.6. The fraction of sp³-hybridized carbons (Fsp3) is 0. The maximum Gasteiger partial charge on any atom is 0.0545 e. The maximum atomic E-state index is 3.97. The highest BCUT2D eigenvalue weighted by Crippen LogP contribution is 2.50. The molecule has 15 rings (SSSR count). The Morgan fingerprint density at radius 1 is 0.227 bits per heavy atom. The summed E-state index contributed by atoms with van der Waals surface area (Å²) >= 11 is 5.65. The summed E-state index contributed by atoms with van der Waals surface area (Å²) in [4.78, 5) is 16.8. The van der Waals surface area contributed by atoms with Crippen LogP contribution in [0.2, 0.25) is 0 Å². The number of rotatable bonds is 0. The Bertz CT molecular complexity index is 3770. The molecule has 0 atom stereocenters. The van der Waals surface area contributed by atoms with Gasteiger partial charge in [-0.2, -0.15) is 0 Å². The van der Waals surface area contributed by atoms with Gasteiger partial charge in [-0.3, -0.25) is 0 Å². The highest BCUT2D eigenvalue weighted by molar-refractivity contribution is 7.24. The van der Waals surface area contributed by atoms with E-state index in [1.807, 2.05) is 34.0 Å². The van der Waals surface area contributed by atoms with Gasteiger partial charge in [0.2, 0.25) is 0 Å². The van der Waals surface area contributed by atoms with Crippen LogP contribution >= 0.6 is 34.0 Å². The summed E-state index contributed by atoms with van der Waals surface area (Å²) in [5, 5.41) is 10.1. The summed E-state index contributed by atoms with van der Waals surface area (Å²) in [5.41, 5.74) is 16.5. The smallest absolute Gasteiger partial charge is 0.0545 e. The maximum absolute atomic E-state index is 3.97. The molecule has 0 spiro atoms. The molecule has 66 heavy (non-hydrogen) atoms. The zero-order valence-corrected chi connectivity index (χ0v) is 37.6. The molecule has 308 valence electrons. The van der Waals surface area contributed by atoms with Crippen LogP contribution < -0.4 is 0 Å². The standard InChI is InChI=1S/C60H35N3S3/c1-7-19-39-33(13-1)49-25-26-50(61-49)34-14-2-8-20-40(34)56-32-48-46-30-52(63-58(46)42-22-10-12-24-44(42)60(48)66-56)36-16-4-6-18-38(36)54-28-27-53(64-54)37-17-5-3-15-35(37)51-29-45-47-31-55(39)65-59(47)43-23-11-9-21-41(43)57(45)62-51/h1-32,61-63H. The molecule has 1 aliphatic heterocycles. The Balaban J connectivity index is 1.02. The van der Waals surface area contributed by atoms with Crippen LogP contribution in [0.15, 0.2) is 194 Å². The van der Waals surface area contributed by atoms with Crippen molar-refractivity contribution in [3.8, 4) is 86.8 Å². The van der Waals surface area contributed by atoms with E-state index in [2.05, 4.69) is 209 Å². The molecule has 0 radical (unpaired) electrons. The lowest BCUT2D eigenvalue weighted by atomic mass is 10.00. The molecule has 0 fully saturated rings. The fourth-order valence-corrected chi connectivity index (χ4v) is 14.4. The number of H-pyrrole nitrogens is 3. The summed E-state index contributed by atoms with van der Waals surface area (Å²) in [7, 11) is 0. The first-order valence-corrected chi connectivity index (χ1v) is 24.8. The van der Waals surface area contributed by atoms with E-state index >= 15 is 0 Å². The zero-order chi connectivity index (χ0) is 43.0. The molecular weight excluding hydrogens is 859 g/mol. The highest BCUT2D eigenvalue weighted by Gasteiger charge is 2.23. The number of thiophene rings is 3. The first-order valence-electron chi connectivity index (χ1n) is 22.3. The third-order valence-electron chi connectivity index (χ3n) is 13.8. The number of fused-ring (bicyclic) bond motifs is 26. The summed E-state index contributed by atoms with van der Waals surface area (Å²) in [5.74, 6) is 0. The Kier molecular flexibility index (Phi) is 7.69. The van der Waals surface area contributed by atoms with Crippen molar-refractivity contribution in [2.45, 2.75) is 0 Å². The van der Waals surface area contributed by atoms with Crippen molar-refractivity contribution >= 4 is 97.5 Å². The van der Waals surface area contributed by atoms with Crippen molar-refractivity contribution < 1.29 is 0 Å². The Hall–Kier alpha value is -7.74. The second-order valence-electron chi connectivity index (χ2n) is 17.4.